The van der Waals surface area contributed by atoms with Crippen molar-refractivity contribution in [2.75, 3.05) is 28.4 Å². The minimum atomic E-state index is 0.820. The van der Waals surface area contributed by atoms with Crippen molar-refractivity contribution >= 4 is 11.8 Å². The lowest BCUT2D eigenvalue weighted by Gasteiger charge is -2.12. The molecule has 23 heavy (non-hydrogen) atoms. The van der Waals surface area contributed by atoms with Gasteiger partial charge in [0.1, 0.15) is 23.0 Å². The summed E-state index contributed by atoms with van der Waals surface area (Å²) < 4.78 is 21.4. The summed E-state index contributed by atoms with van der Waals surface area (Å²) in [6.45, 7) is 0. The molecule has 0 N–H and O–H groups in total. The van der Waals surface area contributed by atoms with E-state index in [1.807, 2.05) is 36.4 Å². The number of hydrogen-bond donors (Lipinski definition) is 0. The molecule has 0 aliphatic rings. The van der Waals surface area contributed by atoms with Crippen molar-refractivity contribution in [1.82, 2.24) is 0 Å². The van der Waals surface area contributed by atoms with Crippen LogP contribution in [0.1, 0.15) is 11.1 Å². The maximum Gasteiger partial charge on any atom is 0.123 e. The van der Waals surface area contributed by atoms with Gasteiger partial charge in [0.25, 0.3) is 0 Å². The molecule has 0 saturated carbocycles. The van der Waals surface area contributed by atoms with Crippen molar-refractivity contribution < 1.29 is 18.9 Å². The summed E-state index contributed by atoms with van der Waals surface area (Å²) in [7, 11) is 6.70. The van der Waals surface area contributed by atoms with Crippen molar-refractivity contribution in [3.63, 3.8) is 0 Å². The molecule has 0 atom stereocenters. The van der Waals surface area contributed by atoms with E-state index in [0.29, 0.717) is 0 Å². The zero-order chi connectivity index (χ0) is 16.7. The quantitative estimate of drug-likeness (QED) is 0.725. The van der Waals surface area contributed by atoms with E-state index in [-0.39, 0.29) is 0 Å². The van der Waals surface area contributed by atoms with E-state index in [0.717, 1.165) is 45.6 Å². The second-order valence-electron chi connectivity index (χ2n) is 4.85. The predicted molar refractivity (Wildman–Crippen MR) is 94.1 cm³/mol. The summed E-state index contributed by atoms with van der Waals surface area (Å²) in [6, 6.07) is 11.7. The number of hydrogen-bond acceptors (Lipinski definition) is 5. The van der Waals surface area contributed by atoms with Gasteiger partial charge in [-0.2, -0.15) is 11.8 Å². The highest BCUT2D eigenvalue weighted by molar-refractivity contribution is 7.97. The van der Waals surface area contributed by atoms with Crippen molar-refractivity contribution in [3.8, 4) is 23.0 Å². The van der Waals surface area contributed by atoms with Gasteiger partial charge in [0, 0.05) is 22.6 Å². The highest BCUT2D eigenvalue weighted by atomic mass is 32.2. The highest BCUT2D eigenvalue weighted by Crippen LogP contribution is 2.32. The Morgan fingerprint density at radius 1 is 0.652 bits per heavy atom. The molecule has 2 rings (SSSR count). The molecule has 0 spiro atoms. The van der Waals surface area contributed by atoms with Gasteiger partial charge in [-0.1, -0.05) is 0 Å². The molecule has 0 aromatic heterocycles. The van der Waals surface area contributed by atoms with Crippen LogP contribution >= 0.6 is 11.8 Å². The highest BCUT2D eigenvalue weighted by Gasteiger charge is 2.08. The molecular weight excluding hydrogens is 312 g/mol. The number of benzene rings is 2. The van der Waals surface area contributed by atoms with Crippen LogP contribution in [0.4, 0.5) is 0 Å². The molecule has 0 saturated heterocycles. The van der Waals surface area contributed by atoms with Crippen LogP contribution in [0.2, 0.25) is 0 Å². The largest absolute Gasteiger partial charge is 0.497 e. The van der Waals surface area contributed by atoms with Gasteiger partial charge < -0.3 is 18.9 Å². The first-order chi connectivity index (χ1) is 11.2. The third kappa shape index (κ3) is 4.48. The standard InChI is InChI=1S/C18H22O4S/c1-19-15-5-7-17(21-3)13(9-15)11-23-12-14-10-16(20-2)6-8-18(14)22-4/h5-10H,11-12H2,1-4H3. The Bertz CT molecular complexity index is 587. The van der Waals surface area contributed by atoms with Gasteiger partial charge in [0.2, 0.25) is 0 Å². The lowest BCUT2D eigenvalue weighted by Crippen LogP contribution is -1.94. The van der Waals surface area contributed by atoms with Gasteiger partial charge >= 0.3 is 0 Å². The van der Waals surface area contributed by atoms with E-state index in [1.165, 1.54) is 0 Å². The topological polar surface area (TPSA) is 36.9 Å². The fourth-order valence-electron chi connectivity index (χ4n) is 2.26. The van der Waals surface area contributed by atoms with E-state index in [2.05, 4.69) is 0 Å². The molecule has 0 unspecified atom stereocenters. The molecule has 4 nitrogen and oxygen atoms in total. The van der Waals surface area contributed by atoms with E-state index in [1.54, 1.807) is 40.2 Å². The van der Waals surface area contributed by atoms with Crippen LogP contribution in [-0.2, 0) is 11.5 Å². The fourth-order valence-corrected chi connectivity index (χ4v) is 3.25. The van der Waals surface area contributed by atoms with Crippen molar-refractivity contribution in [2.24, 2.45) is 0 Å². The zero-order valence-corrected chi connectivity index (χ0v) is 14.7. The van der Waals surface area contributed by atoms with Gasteiger partial charge in [-0.05, 0) is 36.4 Å². The van der Waals surface area contributed by atoms with Gasteiger partial charge in [0.05, 0.1) is 28.4 Å². The average Bonchev–Trinajstić information content (AvgIpc) is 2.61. The van der Waals surface area contributed by atoms with Crippen LogP contribution < -0.4 is 18.9 Å². The average molecular weight is 334 g/mol. The van der Waals surface area contributed by atoms with Crippen LogP contribution in [-0.4, -0.2) is 28.4 Å². The molecular formula is C18H22O4S. The first kappa shape index (κ1) is 17.3. The Kier molecular flexibility index (Phi) is 6.47. The first-order valence-electron chi connectivity index (χ1n) is 7.21. The molecule has 5 heteroatoms. The fraction of sp³-hybridized carbons (Fsp3) is 0.333. The summed E-state index contributed by atoms with van der Waals surface area (Å²) in [5.74, 6) is 5.05. The SMILES string of the molecule is COc1ccc(OC)c(CSCc2cc(OC)ccc2OC)c1. The van der Waals surface area contributed by atoms with Crippen molar-refractivity contribution in [1.29, 1.82) is 0 Å². The summed E-state index contributed by atoms with van der Waals surface area (Å²) in [5.41, 5.74) is 2.22. The Labute approximate surface area is 141 Å². The molecule has 2 aromatic rings. The minimum absolute atomic E-state index is 0.820. The zero-order valence-electron chi connectivity index (χ0n) is 13.9. The van der Waals surface area contributed by atoms with E-state index >= 15 is 0 Å². The second-order valence-corrected chi connectivity index (χ2v) is 5.83. The molecule has 0 aliphatic carbocycles. The monoisotopic (exact) mass is 334 g/mol. The molecule has 2 aromatic carbocycles. The van der Waals surface area contributed by atoms with Crippen molar-refractivity contribution in [2.45, 2.75) is 11.5 Å². The maximum absolute atomic E-state index is 5.42. The summed E-state index contributed by atoms with van der Waals surface area (Å²) in [4.78, 5) is 0. The molecule has 0 aliphatic heterocycles. The lowest BCUT2D eigenvalue weighted by atomic mass is 10.2. The normalized spacial score (nSPS) is 10.3. The molecule has 0 amide bonds. The van der Waals surface area contributed by atoms with Gasteiger partial charge in [-0.3, -0.25) is 0 Å². The molecule has 0 bridgehead atoms. The van der Waals surface area contributed by atoms with E-state index in [4.69, 9.17) is 18.9 Å². The summed E-state index contributed by atoms with van der Waals surface area (Å²) in [5, 5.41) is 0. The number of rotatable bonds is 8. The summed E-state index contributed by atoms with van der Waals surface area (Å²) >= 11 is 1.79. The van der Waals surface area contributed by atoms with Crippen molar-refractivity contribution in [3.05, 3.63) is 47.5 Å². The predicted octanol–water partition coefficient (Wildman–Crippen LogP) is 4.15. The minimum Gasteiger partial charge on any atom is -0.497 e. The van der Waals surface area contributed by atoms with Gasteiger partial charge in [0.15, 0.2) is 0 Å². The first-order valence-corrected chi connectivity index (χ1v) is 8.36. The van der Waals surface area contributed by atoms with E-state index < -0.39 is 0 Å². The molecule has 0 fully saturated rings. The maximum atomic E-state index is 5.42. The number of thioether (sulfide) groups is 1. The number of methoxy groups -OCH3 is 4. The third-order valence-corrected chi connectivity index (χ3v) is 4.52. The van der Waals surface area contributed by atoms with E-state index in [9.17, 15) is 0 Å². The van der Waals surface area contributed by atoms with Gasteiger partial charge in [-0.15, -0.1) is 0 Å². The Morgan fingerprint density at radius 2 is 1.09 bits per heavy atom. The Morgan fingerprint density at radius 3 is 1.43 bits per heavy atom. The van der Waals surface area contributed by atoms with Crippen LogP contribution in [0.5, 0.6) is 23.0 Å². The second kappa shape index (κ2) is 8.58. The summed E-state index contributed by atoms with van der Waals surface area (Å²) in [6.07, 6.45) is 0. The van der Waals surface area contributed by atoms with Crippen LogP contribution in [0.3, 0.4) is 0 Å². The molecule has 0 heterocycles. The lowest BCUT2D eigenvalue weighted by molar-refractivity contribution is 0.400. The van der Waals surface area contributed by atoms with Gasteiger partial charge in [-0.25, -0.2) is 0 Å². The Balaban J connectivity index is 2.07. The van der Waals surface area contributed by atoms with Crippen LogP contribution in [0.15, 0.2) is 36.4 Å². The number of ether oxygens (including phenoxy) is 4. The molecule has 0 radical (unpaired) electrons. The smallest absolute Gasteiger partial charge is 0.123 e. The van der Waals surface area contributed by atoms with Crippen LogP contribution in [0, 0.1) is 0 Å². The Hall–Kier alpha value is -2.01. The molecule has 124 valence electrons. The third-order valence-electron chi connectivity index (χ3n) is 3.49. The van der Waals surface area contributed by atoms with Crippen LogP contribution in [0.25, 0.3) is 0 Å².